The predicted octanol–water partition coefficient (Wildman–Crippen LogP) is 4.68. The van der Waals surface area contributed by atoms with E-state index >= 15 is 0 Å². The lowest BCUT2D eigenvalue weighted by atomic mass is 10.1. The average Bonchev–Trinajstić information content (AvgIpc) is 3.33. The van der Waals surface area contributed by atoms with E-state index in [1.807, 2.05) is 0 Å². The largest absolute Gasteiger partial charge is 0.497 e. The molecule has 0 unspecified atom stereocenters. The fraction of sp³-hybridized carbons (Fsp3) is 0.172. The van der Waals surface area contributed by atoms with E-state index in [0.29, 0.717) is 49.6 Å². The molecule has 0 saturated heterocycles. The highest BCUT2D eigenvalue weighted by Gasteiger charge is 2.35. The molecule has 0 spiro atoms. The summed E-state index contributed by atoms with van der Waals surface area (Å²) in [6.07, 6.45) is -0.113. The molecule has 2 amide bonds. The van der Waals surface area contributed by atoms with Gasteiger partial charge in [-0.2, -0.15) is 0 Å². The minimum Gasteiger partial charge on any atom is -0.497 e. The zero-order valence-corrected chi connectivity index (χ0v) is 21.4. The monoisotopic (exact) mass is 530 g/mol. The van der Waals surface area contributed by atoms with Crippen LogP contribution in [0.3, 0.4) is 0 Å². The topological polar surface area (TPSA) is 94.9 Å². The van der Waals surface area contributed by atoms with Crippen molar-refractivity contribution >= 4 is 46.2 Å². The van der Waals surface area contributed by atoms with E-state index in [2.05, 4.69) is 0 Å². The van der Waals surface area contributed by atoms with E-state index in [9.17, 15) is 19.2 Å². The second kappa shape index (κ2) is 10.1. The molecule has 8 nitrogen and oxygen atoms in total. The van der Waals surface area contributed by atoms with Gasteiger partial charge in [0.15, 0.2) is 0 Å². The molecule has 2 heterocycles. The molecule has 3 aromatic carbocycles. The smallest absolute Gasteiger partial charge is 0.310 e. The number of halogens is 1. The third-order valence-corrected chi connectivity index (χ3v) is 6.87. The van der Waals surface area contributed by atoms with Gasteiger partial charge in [0.05, 0.1) is 36.7 Å². The van der Waals surface area contributed by atoms with Gasteiger partial charge in [0, 0.05) is 21.7 Å². The quantitative estimate of drug-likeness (QED) is 0.254. The Kier molecular flexibility index (Phi) is 6.73. The summed E-state index contributed by atoms with van der Waals surface area (Å²) >= 11 is 5.98. The molecule has 0 radical (unpaired) electrons. The third kappa shape index (κ3) is 4.43. The number of carbonyl (C=O) groups excluding carboxylic acids is 4. The van der Waals surface area contributed by atoms with Crippen molar-refractivity contribution in [3.63, 3.8) is 0 Å². The van der Waals surface area contributed by atoms with Gasteiger partial charge >= 0.3 is 5.97 Å². The molecule has 38 heavy (non-hydrogen) atoms. The van der Waals surface area contributed by atoms with Crippen LogP contribution in [-0.4, -0.2) is 53.4 Å². The van der Waals surface area contributed by atoms with Crippen LogP contribution < -0.4 is 4.74 Å². The van der Waals surface area contributed by atoms with Crippen molar-refractivity contribution in [2.45, 2.75) is 13.3 Å². The molecule has 0 N–H and O–H groups in total. The lowest BCUT2D eigenvalue weighted by molar-refractivity contribution is -0.143. The molecule has 192 valence electrons. The number of rotatable bonds is 7. The average molecular weight is 531 g/mol. The summed E-state index contributed by atoms with van der Waals surface area (Å²) in [5, 5.41) is 1.20. The number of benzene rings is 3. The van der Waals surface area contributed by atoms with E-state index in [4.69, 9.17) is 21.1 Å². The van der Waals surface area contributed by atoms with E-state index in [1.165, 1.54) is 7.11 Å². The molecule has 0 bridgehead atoms. The summed E-state index contributed by atoms with van der Waals surface area (Å²) in [7, 11) is 1.54. The summed E-state index contributed by atoms with van der Waals surface area (Å²) in [6.45, 7) is 1.57. The van der Waals surface area contributed by atoms with E-state index in [1.54, 1.807) is 78.2 Å². The zero-order valence-electron chi connectivity index (χ0n) is 20.7. The van der Waals surface area contributed by atoms with E-state index < -0.39 is 17.8 Å². The number of hydrogen-bond acceptors (Lipinski definition) is 6. The lowest BCUT2D eigenvalue weighted by Gasteiger charge is -2.14. The van der Waals surface area contributed by atoms with E-state index in [-0.39, 0.29) is 25.5 Å². The van der Waals surface area contributed by atoms with Crippen LogP contribution in [0.15, 0.2) is 66.7 Å². The van der Waals surface area contributed by atoms with Crippen molar-refractivity contribution in [2.75, 3.05) is 20.3 Å². The Morgan fingerprint density at radius 3 is 2.21 bits per heavy atom. The normalized spacial score (nSPS) is 12.7. The Morgan fingerprint density at radius 2 is 1.58 bits per heavy atom. The number of fused-ring (bicyclic) bond motifs is 2. The number of amides is 2. The molecule has 1 aliphatic rings. The van der Waals surface area contributed by atoms with Gasteiger partial charge in [-0.1, -0.05) is 23.7 Å². The minimum atomic E-state index is -0.550. The van der Waals surface area contributed by atoms with Gasteiger partial charge in [0.2, 0.25) is 0 Å². The number of aromatic nitrogens is 1. The van der Waals surface area contributed by atoms with Crippen molar-refractivity contribution in [3.8, 4) is 5.75 Å². The van der Waals surface area contributed by atoms with Gasteiger partial charge in [-0.25, -0.2) is 0 Å². The Balaban J connectivity index is 1.36. The summed E-state index contributed by atoms with van der Waals surface area (Å²) in [5.74, 6) is -1.05. The van der Waals surface area contributed by atoms with Crippen LogP contribution in [0.5, 0.6) is 5.75 Å². The summed E-state index contributed by atoms with van der Waals surface area (Å²) < 4.78 is 12.3. The van der Waals surface area contributed by atoms with Crippen molar-refractivity contribution in [3.05, 3.63) is 99.7 Å². The second-order valence-corrected chi connectivity index (χ2v) is 9.24. The fourth-order valence-corrected chi connectivity index (χ4v) is 4.81. The van der Waals surface area contributed by atoms with Crippen LogP contribution in [0.1, 0.15) is 42.3 Å². The Morgan fingerprint density at radius 1 is 0.921 bits per heavy atom. The number of esters is 1. The SMILES string of the molecule is COc1ccc2c(c1)c(CC(=O)OCCN1C(=O)c3ccccc3C1=O)c(C)n2C(=O)c1ccc(Cl)cc1. The molecular weight excluding hydrogens is 508 g/mol. The molecule has 9 heteroatoms. The minimum absolute atomic E-state index is 0.0539. The maximum Gasteiger partial charge on any atom is 0.310 e. The molecule has 0 saturated carbocycles. The summed E-state index contributed by atoms with van der Waals surface area (Å²) in [4.78, 5) is 52.4. The zero-order chi connectivity index (χ0) is 27.0. The van der Waals surface area contributed by atoms with Crippen LogP contribution in [0.25, 0.3) is 10.9 Å². The predicted molar refractivity (Wildman–Crippen MR) is 141 cm³/mol. The Labute approximate surface area is 223 Å². The first-order chi connectivity index (χ1) is 18.3. The molecule has 0 atom stereocenters. The first-order valence-corrected chi connectivity index (χ1v) is 12.3. The number of ether oxygens (including phenoxy) is 2. The number of imide groups is 1. The summed E-state index contributed by atoms with van der Waals surface area (Å²) in [6, 6.07) is 18.5. The van der Waals surface area contributed by atoms with Gasteiger partial charge in [-0.3, -0.25) is 28.6 Å². The maximum atomic E-state index is 13.4. The first-order valence-electron chi connectivity index (χ1n) is 11.9. The molecule has 1 aromatic heterocycles. The fourth-order valence-electron chi connectivity index (χ4n) is 4.68. The van der Waals surface area contributed by atoms with Crippen molar-refractivity contribution < 1.29 is 28.7 Å². The summed E-state index contributed by atoms with van der Waals surface area (Å²) in [5.41, 5.74) is 2.95. The highest BCUT2D eigenvalue weighted by molar-refractivity contribution is 6.30. The maximum absolute atomic E-state index is 13.4. The van der Waals surface area contributed by atoms with Crippen LogP contribution in [0.4, 0.5) is 0 Å². The van der Waals surface area contributed by atoms with Gasteiger partial charge in [-0.05, 0) is 67.1 Å². The lowest BCUT2D eigenvalue weighted by Crippen LogP contribution is -2.33. The Hall–Kier alpha value is -4.43. The van der Waals surface area contributed by atoms with Gasteiger partial charge in [0.1, 0.15) is 12.4 Å². The third-order valence-electron chi connectivity index (χ3n) is 6.61. The molecule has 1 aliphatic heterocycles. The highest BCUT2D eigenvalue weighted by atomic mass is 35.5. The molecule has 0 aliphatic carbocycles. The number of nitrogens with zero attached hydrogens (tertiary/aromatic N) is 2. The van der Waals surface area contributed by atoms with Crippen LogP contribution in [0.2, 0.25) is 5.02 Å². The van der Waals surface area contributed by atoms with E-state index in [0.717, 1.165) is 4.90 Å². The highest BCUT2D eigenvalue weighted by Crippen LogP contribution is 2.31. The molecule has 4 aromatic rings. The van der Waals surface area contributed by atoms with Crippen LogP contribution in [-0.2, 0) is 16.0 Å². The second-order valence-electron chi connectivity index (χ2n) is 8.80. The van der Waals surface area contributed by atoms with Gasteiger partial charge < -0.3 is 9.47 Å². The molecular formula is C29H23ClN2O6. The van der Waals surface area contributed by atoms with Gasteiger partial charge in [0.25, 0.3) is 17.7 Å². The number of methoxy groups -OCH3 is 1. The molecule has 0 fully saturated rings. The molecule has 5 rings (SSSR count). The van der Waals surface area contributed by atoms with Crippen molar-refractivity contribution in [1.29, 1.82) is 0 Å². The van der Waals surface area contributed by atoms with Crippen molar-refractivity contribution in [2.24, 2.45) is 0 Å². The standard InChI is InChI=1S/C29H23ClN2O6/c1-17-23(16-26(33)38-14-13-31-28(35)21-5-3-4-6-22(21)29(31)36)24-15-20(37-2)11-12-25(24)32(17)27(34)18-7-9-19(30)10-8-18/h3-12,15H,13-14,16H2,1-2H3. The number of hydrogen-bond donors (Lipinski definition) is 0. The van der Waals surface area contributed by atoms with Crippen molar-refractivity contribution in [1.82, 2.24) is 9.47 Å². The number of carbonyl (C=O) groups is 4. The first kappa shape index (κ1) is 25.2. The van der Waals surface area contributed by atoms with Crippen LogP contribution in [0, 0.1) is 6.92 Å². The Bertz CT molecular complexity index is 1570. The van der Waals surface area contributed by atoms with Gasteiger partial charge in [-0.15, -0.1) is 0 Å². The van der Waals surface area contributed by atoms with Crippen LogP contribution >= 0.6 is 11.6 Å².